The lowest BCUT2D eigenvalue weighted by atomic mass is 9.97. The summed E-state index contributed by atoms with van der Waals surface area (Å²) in [4.78, 5) is 0. The van der Waals surface area contributed by atoms with Crippen LogP contribution in [0.5, 0.6) is 0 Å². The quantitative estimate of drug-likeness (QED) is 0.628. The Labute approximate surface area is 80.3 Å². The lowest BCUT2D eigenvalue weighted by Gasteiger charge is -2.02. The molecule has 0 saturated heterocycles. The van der Waals surface area contributed by atoms with Gasteiger partial charge in [-0.05, 0) is 30.5 Å². The first kappa shape index (κ1) is 9.66. The van der Waals surface area contributed by atoms with E-state index in [0.717, 1.165) is 5.02 Å². The average molecular weight is 180 g/mol. The van der Waals surface area contributed by atoms with Crippen LogP contribution >= 0.6 is 11.6 Å². The second kappa shape index (κ2) is 4.56. The van der Waals surface area contributed by atoms with E-state index < -0.39 is 0 Å². The van der Waals surface area contributed by atoms with Crippen molar-refractivity contribution in [1.29, 1.82) is 0 Å². The Hall–Kier alpha value is -0.425. The van der Waals surface area contributed by atoms with Gasteiger partial charge < -0.3 is 0 Å². The van der Waals surface area contributed by atoms with E-state index in [1.807, 2.05) is 6.07 Å². The van der Waals surface area contributed by atoms with E-state index in [-0.39, 0.29) is 0 Å². The molecule has 0 atom stereocenters. The van der Waals surface area contributed by atoms with Crippen molar-refractivity contribution in [3.63, 3.8) is 0 Å². The fourth-order valence-corrected chi connectivity index (χ4v) is 1.36. The number of halogens is 1. The topological polar surface area (TPSA) is 0 Å². The Kier molecular flexibility index (Phi) is 3.67. The lowest BCUT2D eigenvalue weighted by Crippen LogP contribution is -1.86. The molecule has 0 N–H and O–H groups in total. The maximum absolute atomic E-state index is 5.91. The molecule has 12 heavy (non-hydrogen) atoms. The molecule has 0 fully saturated rings. The molecular weight excluding hydrogens is 166 g/mol. The van der Waals surface area contributed by atoms with Crippen LogP contribution in [-0.2, 0) is 6.42 Å². The first-order valence-corrected chi connectivity index (χ1v) is 4.87. The van der Waals surface area contributed by atoms with Crippen LogP contribution < -0.4 is 0 Å². The Morgan fingerprint density at radius 1 is 1.42 bits per heavy atom. The summed E-state index contributed by atoms with van der Waals surface area (Å²) in [6.45, 7) is 2.05. The first-order chi connectivity index (χ1) is 5.74. The fraction of sp³-hybridized carbons (Fsp3) is 0.400. The highest BCUT2D eigenvalue weighted by Gasteiger charge is 1.96. The van der Waals surface area contributed by atoms with Gasteiger partial charge in [0.2, 0.25) is 0 Å². The van der Waals surface area contributed by atoms with Crippen LogP contribution in [0, 0.1) is 6.92 Å². The van der Waals surface area contributed by atoms with Crippen molar-refractivity contribution in [2.45, 2.75) is 26.1 Å². The molecule has 0 saturated carbocycles. The van der Waals surface area contributed by atoms with E-state index in [2.05, 4.69) is 26.9 Å². The van der Waals surface area contributed by atoms with Crippen LogP contribution in [-0.4, -0.2) is 7.85 Å². The summed E-state index contributed by atoms with van der Waals surface area (Å²) in [5.74, 6) is 0. The maximum atomic E-state index is 5.91. The number of benzene rings is 1. The van der Waals surface area contributed by atoms with Gasteiger partial charge in [0, 0.05) is 5.02 Å². The highest BCUT2D eigenvalue weighted by Crippen LogP contribution is 2.17. The predicted octanol–water partition coefficient (Wildman–Crippen LogP) is 2.63. The van der Waals surface area contributed by atoms with Gasteiger partial charge in [-0.15, -0.1) is 0 Å². The third kappa shape index (κ3) is 2.56. The minimum Gasteiger partial charge on any atom is -0.0841 e. The van der Waals surface area contributed by atoms with Gasteiger partial charge in [-0.3, -0.25) is 0 Å². The van der Waals surface area contributed by atoms with E-state index in [1.54, 1.807) is 0 Å². The number of hydrogen-bond acceptors (Lipinski definition) is 0. The lowest BCUT2D eigenvalue weighted by molar-refractivity contribution is 0.918. The van der Waals surface area contributed by atoms with Crippen LogP contribution in [0.2, 0.25) is 11.3 Å². The van der Waals surface area contributed by atoms with Gasteiger partial charge in [0.05, 0.1) is 0 Å². The van der Waals surface area contributed by atoms with Crippen molar-refractivity contribution >= 4 is 19.4 Å². The van der Waals surface area contributed by atoms with Crippen molar-refractivity contribution < 1.29 is 0 Å². The molecule has 0 heterocycles. The van der Waals surface area contributed by atoms with Crippen molar-refractivity contribution in [2.24, 2.45) is 0 Å². The Morgan fingerprint density at radius 2 is 2.17 bits per heavy atom. The third-order valence-corrected chi connectivity index (χ3v) is 2.47. The zero-order valence-electron chi connectivity index (χ0n) is 7.73. The molecular formula is C10H14BCl. The summed E-state index contributed by atoms with van der Waals surface area (Å²) in [6.07, 6.45) is 3.69. The molecule has 64 valence electrons. The van der Waals surface area contributed by atoms with E-state index in [0.29, 0.717) is 0 Å². The van der Waals surface area contributed by atoms with Crippen LogP contribution in [0.25, 0.3) is 0 Å². The van der Waals surface area contributed by atoms with Gasteiger partial charge in [0.15, 0.2) is 0 Å². The Balaban J connectivity index is 2.69. The van der Waals surface area contributed by atoms with Gasteiger partial charge in [-0.2, -0.15) is 0 Å². The summed E-state index contributed by atoms with van der Waals surface area (Å²) in [5, 5.41) is 0.871. The van der Waals surface area contributed by atoms with Crippen molar-refractivity contribution in [1.82, 2.24) is 0 Å². The standard InChI is InChI=1S/C10H14BCl/c1-8-7-9(3-2-6-11)4-5-10(8)12/h4-5,7H,2-3,6,11H2,1H3. The van der Waals surface area contributed by atoms with Crippen molar-refractivity contribution in [3.05, 3.63) is 34.3 Å². The summed E-state index contributed by atoms with van der Waals surface area (Å²) in [5.41, 5.74) is 2.59. The third-order valence-electron chi connectivity index (χ3n) is 2.04. The fourth-order valence-electron chi connectivity index (χ4n) is 1.24. The monoisotopic (exact) mass is 180 g/mol. The minimum absolute atomic E-state index is 0.871. The van der Waals surface area contributed by atoms with E-state index >= 15 is 0 Å². The average Bonchev–Trinajstić information content (AvgIpc) is 2.07. The highest BCUT2D eigenvalue weighted by atomic mass is 35.5. The van der Waals surface area contributed by atoms with Crippen LogP contribution in [0.1, 0.15) is 17.5 Å². The Bertz CT molecular complexity index is 258. The molecule has 0 radical (unpaired) electrons. The molecule has 1 aromatic rings. The largest absolute Gasteiger partial charge is 0.101 e. The molecule has 1 aromatic carbocycles. The Morgan fingerprint density at radius 3 is 2.75 bits per heavy atom. The minimum atomic E-state index is 0.871. The second-order valence-electron chi connectivity index (χ2n) is 3.19. The zero-order chi connectivity index (χ0) is 8.97. The van der Waals surface area contributed by atoms with Crippen LogP contribution in [0.15, 0.2) is 18.2 Å². The number of rotatable bonds is 3. The molecule has 0 spiro atoms. The van der Waals surface area contributed by atoms with Gasteiger partial charge in [0.25, 0.3) is 0 Å². The SMILES string of the molecule is BCCCc1ccc(Cl)c(C)c1. The molecule has 2 heteroatoms. The molecule has 1 rings (SSSR count). The molecule has 0 amide bonds. The number of hydrogen-bond donors (Lipinski definition) is 0. The highest BCUT2D eigenvalue weighted by molar-refractivity contribution is 6.31. The smallest absolute Gasteiger partial charge is 0.0841 e. The van der Waals surface area contributed by atoms with Gasteiger partial charge in [-0.1, -0.05) is 36.5 Å². The van der Waals surface area contributed by atoms with E-state index in [9.17, 15) is 0 Å². The predicted molar refractivity (Wildman–Crippen MR) is 57.9 cm³/mol. The molecule has 0 aliphatic carbocycles. The maximum Gasteiger partial charge on any atom is 0.101 e. The van der Waals surface area contributed by atoms with Gasteiger partial charge >= 0.3 is 0 Å². The first-order valence-electron chi connectivity index (χ1n) is 4.49. The summed E-state index contributed by atoms with van der Waals surface area (Å²) in [7, 11) is 2.21. The summed E-state index contributed by atoms with van der Waals surface area (Å²) in [6, 6.07) is 6.28. The van der Waals surface area contributed by atoms with Crippen molar-refractivity contribution in [2.75, 3.05) is 0 Å². The molecule has 0 aromatic heterocycles. The molecule has 0 nitrogen and oxygen atoms in total. The van der Waals surface area contributed by atoms with Gasteiger partial charge in [0.1, 0.15) is 7.85 Å². The van der Waals surface area contributed by atoms with Crippen molar-refractivity contribution in [3.8, 4) is 0 Å². The zero-order valence-corrected chi connectivity index (χ0v) is 8.49. The van der Waals surface area contributed by atoms with Crippen LogP contribution in [0.4, 0.5) is 0 Å². The summed E-state index contributed by atoms with van der Waals surface area (Å²) >= 11 is 5.91. The summed E-state index contributed by atoms with van der Waals surface area (Å²) < 4.78 is 0. The molecule has 0 unspecified atom stereocenters. The molecule has 0 bridgehead atoms. The van der Waals surface area contributed by atoms with Gasteiger partial charge in [-0.25, -0.2) is 0 Å². The molecule has 0 aliphatic rings. The normalized spacial score (nSPS) is 10.2. The van der Waals surface area contributed by atoms with E-state index in [1.165, 1.54) is 30.3 Å². The number of aryl methyl sites for hydroxylation is 2. The molecule has 0 aliphatic heterocycles. The second-order valence-corrected chi connectivity index (χ2v) is 3.59. The van der Waals surface area contributed by atoms with Crippen LogP contribution in [0.3, 0.4) is 0 Å². The van der Waals surface area contributed by atoms with E-state index in [4.69, 9.17) is 11.6 Å².